The van der Waals surface area contributed by atoms with Crippen LogP contribution in [0.3, 0.4) is 0 Å². The minimum absolute atomic E-state index is 0.548. The summed E-state index contributed by atoms with van der Waals surface area (Å²) in [5.74, 6) is 2.89. The van der Waals surface area contributed by atoms with Gasteiger partial charge < -0.3 is 15.0 Å². The Balaban J connectivity index is 1.99. The van der Waals surface area contributed by atoms with E-state index in [9.17, 15) is 0 Å². The van der Waals surface area contributed by atoms with Crippen LogP contribution in [0.5, 0.6) is 5.75 Å². The van der Waals surface area contributed by atoms with E-state index >= 15 is 0 Å². The second kappa shape index (κ2) is 8.23. The van der Waals surface area contributed by atoms with Crippen LogP contribution in [0.1, 0.15) is 26.7 Å². The fraction of sp³-hybridized carbons (Fsp3) is 0.389. The summed E-state index contributed by atoms with van der Waals surface area (Å²) >= 11 is 6.34. The number of nitrogens with zero attached hydrogens (tertiary/aromatic N) is 5. The summed E-state index contributed by atoms with van der Waals surface area (Å²) in [7, 11) is 1.61. The number of anilines is 3. The van der Waals surface area contributed by atoms with Gasteiger partial charge in [0.25, 0.3) is 5.78 Å². The number of nitrogens with one attached hydrogen (secondary N) is 1. The van der Waals surface area contributed by atoms with Crippen LogP contribution < -0.4 is 15.0 Å². The molecule has 0 fully saturated rings. The summed E-state index contributed by atoms with van der Waals surface area (Å²) < 4.78 is 6.97. The lowest BCUT2D eigenvalue weighted by Gasteiger charge is -2.24. The predicted octanol–water partition coefficient (Wildman–Crippen LogP) is 4.16. The maximum Gasteiger partial charge on any atom is 0.256 e. The van der Waals surface area contributed by atoms with E-state index in [1.165, 1.54) is 6.33 Å². The van der Waals surface area contributed by atoms with E-state index in [1.807, 2.05) is 18.2 Å². The molecule has 0 bridgehead atoms. The molecular weight excluding hydrogens is 352 g/mol. The minimum atomic E-state index is 0.548. The smallest absolute Gasteiger partial charge is 0.256 e. The first-order valence-electron chi connectivity index (χ1n) is 8.72. The van der Waals surface area contributed by atoms with Crippen LogP contribution in [0.25, 0.3) is 5.78 Å². The third-order valence-electron chi connectivity index (χ3n) is 3.98. The number of halogens is 1. The maximum atomic E-state index is 6.34. The highest BCUT2D eigenvalue weighted by Gasteiger charge is 2.14. The molecule has 0 saturated heterocycles. The molecule has 0 aliphatic heterocycles. The first kappa shape index (κ1) is 18.3. The Kier molecular flexibility index (Phi) is 5.78. The normalized spacial score (nSPS) is 10.9. The molecule has 8 heteroatoms. The third-order valence-corrected chi connectivity index (χ3v) is 4.30. The molecule has 0 spiro atoms. The van der Waals surface area contributed by atoms with Gasteiger partial charge in [-0.2, -0.15) is 19.6 Å². The van der Waals surface area contributed by atoms with E-state index in [4.69, 9.17) is 16.3 Å². The topological polar surface area (TPSA) is 67.6 Å². The van der Waals surface area contributed by atoms with Crippen molar-refractivity contribution in [2.24, 2.45) is 0 Å². The van der Waals surface area contributed by atoms with Gasteiger partial charge in [0.15, 0.2) is 0 Å². The quantitative estimate of drug-likeness (QED) is 0.638. The van der Waals surface area contributed by atoms with Crippen molar-refractivity contribution in [3.63, 3.8) is 0 Å². The molecule has 26 heavy (non-hydrogen) atoms. The molecule has 1 N–H and O–H groups in total. The van der Waals surface area contributed by atoms with Gasteiger partial charge in [0.2, 0.25) is 0 Å². The molecule has 0 amide bonds. The van der Waals surface area contributed by atoms with Gasteiger partial charge in [-0.1, -0.05) is 25.4 Å². The second-order valence-corrected chi connectivity index (χ2v) is 6.34. The Morgan fingerprint density at radius 3 is 2.62 bits per heavy atom. The highest BCUT2D eigenvalue weighted by Crippen LogP contribution is 2.30. The molecule has 3 rings (SSSR count). The summed E-state index contributed by atoms with van der Waals surface area (Å²) in [5, 5.41) is 8.16. The number of ether oxygens (including phenoxy) is 1. The SMILES string of the molecule is CCCN(CCC)c1cc(Nc2ccc(OC)cc2Cl)nc2ncnn12. The zero-order valence-corrected chi connectivity index (χ0v) is 16.0. The molecule has 0 radical (unpaired) electrons. The van der Waals surface area contributed by atoms with Gasteiger partial charge in [-0.3, -0.25) is 0 Å². The van der Waals surface area contributed by atoms with E-state index < -0.39 is 0 Å². The molecule has 0 unspecified atom stereocenters. The lowest BCUT2D eigenvalue weighted by molar-refractivity contribution is 0.415. The fourth-order valence-electron chi connectivity index (χ4n) is 2.83. The molecule has 3 aromatic rings. The first-order valence-corrected chi connectivity index (χ1v) is 9.10. The summed E-state index contributed by atoms with van der Waals surface area (Å²) in [6, 6.07) is 7.46. The largest absolute Gasteiger partial charge is 0.497 e. The van der Waals surface area contributed by atoms with Crippen molar-refractivity contribution in [2.45, 2.75) is 26.7 Å². The van der Waals surface area contributed by atoms with Gasteiger partial charge in [-0.15, -0.1) is 0 Å². The van der Waals surface area contributed by atoms with E-state index in [2.05, 4.69) is 39.1 Å². The van der Waals surface area contributed by atoms with Gasteiger partial charge in [0.1, 0.15) is 23.7 Å². The molecule has 0 aliphatic rings. The molecule has 0 atom stereocenters. The Bertz CT molecular complexity index is 875. The van der Waals surface area contributed by atoms with Gasteiger partial charge in [0.05, 0.1) is 17.8 Å². The number of benzene rings is 1. The summed E-state index contributed by atoms with van der Waals surface area (Å²) in [5.41, 5.74) is 0.757. The number of aromatic nitrogens is 4. The van der Waals surface area contributed by atoms with E-state index in [1.54, 1.807) is 17.7 Å². The number of methoxy groups -OCH3 is 1. The van der Waals surface area contributed by atoms with Crippen molar-refractivity contribution in [1.29, 1.82) is 0 Å². The van der Waals surface area contributed by atoms with Crippen molar-refractivity contribution in [1.82, 2.24) is 19.6 Å². The van der Waals surface area contributed by atoms with E-state index in [0.717, 1.165) is 37.4 Å². The monoisotopic (exact) mass is 374 g/mol. The van der Waals surface area contributed by atoms with Crippen LogP contribution in [0.4, 0.5) is 17.3 Å². The van der Waals surface area contributed by atoms with Crippen LogP contribution in [-0.2, 0) is 0 Å². The van der Waals surface area contributed by atoms with Crippen LogP contribution in [0.15, 0.2) is 30.6 Å². The molecule has 2 heterocycles. The van der Waals surface area contributed by atoms with Crippen molar-refractivity contribution >= 4 is 34.7 Å². The zero-order chi connectivity index (χ0) is 18.5. The maximum absolute atomic E-state index is 6.34. The fourth-order valence-corrected chi connectivity index (χ4v) is 3.05. The first-order chi connectivity index (χ1) is 12.7. The Hall–Kier alpha value is -2.54. The van der Waals surface area contributed by atoms with Crippen molar-refractivity contribution < 1.29 is 4.74 Å². The molecule has 7 nitrogen and oxygen atoms in total. The standard InChI is InChI=1S/C18H23ClN6O/c1-4-8-24(9-5-2)17-11-16(23-18-20-12-21-25(17)18)22-15-7-6-13(26-3)10-14(15)19/h6-7,10-12H,4-5,8-9H2,1-3H3,(H,20,21,22,23). The Morgan fingerprint density at radius 2 is 1.96 bits per heavy atom. The summed E-state index contributed by atoms with van der Waals surface area (Å²) in [4.78, 5) is 11.1. The van der Waals surface area contributed by atoms with E-state index in [-0.39, 0.29) is 0 Å². The van der Waals surface area contributed by atoms with Gasteiger partial charge in [0, 0.05) is 25.2 Å². The number of hydrogen-bond acceptors (Lipinski definition) is 6. The molecule has 0 aliphatic carbocycles. The second-order valence-electron chi connectivity index (χ2n) is 5.93. The van der Waals surface area contributed by atoms with Crippen LogP contribution in [0.2, 0.25) is 5.02 Å². The van der Waals surface area contributed by atoms with Crippen molar-refractivity contribution in [3.8, 4) is 5.75 Å². The highest BCUT2D eigenvalue weighted by atomic mass is 35.5. The zero-order valence-electron chi connectivity index (χ0n) is 15.2. The number of rotatable bonds is 8. The van der Waals surface area contributed by atoms with Gasteiger partial charge in [-0.25, -0.2) is 0 Å². The van der Waals surface area contributed by atoms with Gasteiger partial charge >= 0.3 is 0 Å². The third kappa shape index (κ3) is 3.83. The van der Waals surface area contributed by atoms with E-state index in [0.29, 0.717) is 22.4 Å². The minimum Gasteiger partial charge on any atom is -0.497 e. The average molecular weight is 375 g/mol. The van der Waals surface area contributed by atoms with Gasteiger partial charge in [-0.05, 0) is 25.0 Å². The highest BCUT2D eigenvalue weighted by molar-refractivity contribution is 6.33. The summed E-state index contributed by atoms with van der Waals surface area (Å²) in [6.45, 7) is 6.21. The van der Waals surface area contributed by atoms with Crippen LogP contribution in [0, 0.1) is 0 Å². The lowest BCUT2D eigenvalue weighted by Crippen LogP contribution is -2.27. The van der Waals surface area contributed by atoms with Crippen LogP contribution in [-0.4, -0.2) is 39.8 Å². The Labute approximate surface area is 158 Å². The summed E-state index contributed by atoms with van der Waals surface area (Å²) in [6.07, 6.45) is 3.61. The predicted molar refractivity (Wildman–Crippen MR) is 105 cm³/mol. The van der Waals surface area contributed by atoms with Crippen molar-refractivity contribution in [3.05, 3.63) is 35.6 Å². The molecular formula is C18H23ClN6O. The Morgan fingerprint density at radius 1 is 1.19 bits per heavy atom. The molecule has 2 aromatic heterocycles. The molecule has 0 saturated carbocycles. The molecule has 138 valence electrons. The number of hydrogen-bond donors (Lipinski definition) is 1. The lowest BCUT2D eigenvalue weighted by atomic mass is 10.3. The van der Waals surface area contributed by atoms with Crippen LogP contribution >= 0.6 is 11.6 Å². The average Bonchev–Trinajstić information content (AvgIpc) is 3.11. The van der Waals surface area contributed by atoms with Crippen molar-refractivity contribution in [2.75, 3.05) is 30.4 Å². The number of fused-ring (bicyclic) bond motifs is 1. The molecule has 1 aromatic carbocycles.